The summed E-state index contributed by atoms with van der Waals surface area (Å²) in [7, 11) is 1.19. The minimum absolute atomic E-state index is 1.19. The lowest BCUT2D eigenvalue weighted by Crippen LogP contribution is -2.60. The summed E-state index contributed by atoms with van der Waals surface area (Å²) >= 11 is 0. The summed E-state index contributed by atoms with van der Waals surface area (Å²) in [5.74, 6) is -1.43. The number of carbonyl (C=O) groups is 1. The first-order chi connectivity index (χ1) is 8.49. The van der Waals surface area contributed by atoms with E-state index in [-0.39, 0.29) is 0 Å². The molecule has 0 spiro atoms. The van der Waals surface area contributed by atoms with Crippen molar-refractivity contribution >= 4 is 5.97 Å². The highest BCUT2D eigenvalue weighted by Gasteiger charge is 2.47. The van der Waals surface area contributed by atoms with Crippen LogP contribution in [0.1, 0.15) is 27.7 Å². The Bertz CT molecular complexity index is 219. The topological polar surface area (TPSA) is 116 Å². The van der Waals surface area contributed by atoms with Gasteiger partial charge in [0.25, 0.3) is 0 Å². The Kier molecular flexibility index (Phi) is 11.1. The average molecular weight is 268 g/mol. The van der Waals surface area contributed by atoms with E-state index in [1.165, 1.54) is 7.11 Å². The molecule has 1 aliphatic rings. The quantitative estimate of drug-likeness (QED) is 0.537. The number of carboxylic acids is 1. The van der Waals surface area contributed by atoms with Crippen LogP contribution in [0.4, 0.5) is 0 Å². The van der Waals surface area contributed by atoms with Crippen molar-refractivity contribution in [3.05, 3.63) is 0 Å². The fourth-order valence-corrected chi connectivity index (χ4v) is 1.25. The second-order valence-electron chi connectivity index (χ2n) is 2.97. The number of aliphatic hydroxyl groups excluding tert-OH is 3. The van der Waals surface area contributed by atoms with Crippen molar-refractivity contribution < 1.29 is 34.7 Å². The summed E-state index contributed by atoms with van der Waals surface area (Å²) < 4.78 is 9.31. The molecule has 0 aromatic rings. The van der Waals surface area contributed by atoms with Crippen molar-refractivity contribution in [2.75, 3.05) is 7.11 Å². The monoisotopic (exact) mass is 268 g/mol. The molecule has 1 saturated heterocycles. The van der Waals surface area contributed by atoms with Crippen LogP contribution in [0.15, 0.2) is 0 Å². The Morgan fingerprint density at radius 1 is 1.00 bits per heavy atom. The summed E-state index contributed by atoms with van der Waals surface area (Å²) in [5, 5.41) is 36.3. The van der Waals surface area contributed by atoms with Crippen molar-refractivity contribution in [1.29, 1.82) is 0 Å². The number of aliphatic hydroxyl groups is 3. The van der Waals surface area contributed by atoms with Crippen LogP contribution in [0.5, 0.6) is 0 Å². The molecular weight excluding hydrogens is 244 g/mol. The van der Waals surface area contributed by atoms with Gasteiger partial charge in [0.1, 0.15) is 18.3 Å². The minimum atomic E-state index is -1.67. The van der Waals surface area contributed by atoms with Gasteiger partial charge in [-0.05, 0) is 0 Å². The zero-order valence-electron chi connectivity index (χ0n) is 11.4. The van der Waals surface area contributed by atoms with E-state index in [2.05, 4.69) is 4.74 Å². The molecule has 0 amide bonds. The summed E-state index contributed by atoms with van der Waals surface area (Å²) in [6.07, 6.45) is -7.60. The highest BCUT2D eigenvalue weighted by Crippen LogP contribution is 2.21. The van der Waals surface area contributed by atoms with E-state index in [0.717, 1.165) is 0 Å². The van der Waals surface area contributed by atoms with E-state index in [1.807, 2.05) is 27.7 Å². The van der Waals surface area contributed by atoms with E-state index < -0.39 is 36.7 Å². The zero-order valence-corrected chi connectivity index (χ0v) is 11.4. The Labute approximate surface area is 107 Å². The normalized spacial score (nSPS) is 34.6. The van der Waals surface area contributed by atoms with Gasteiger partial charge in [0.15, 0.2) is 12.4 Å². The van der Waals surface area contributed by atoms with Gasteiger partial charge in [-0.2, -0.15) is 0 Å². The lowest BCUT2D eigenvalue weighted by Gasteiger charge is -2.37. The minimum Gasteiger partial charge on any atom is -0.479 e. The molecule has 7 heteroatoms. The SMILES string of the molecule is CC.CC.COC1OC(C(=O)O)C(O)C(O)C1O. The zero-order chi connectivity index (χ0) is 14.9. The molecule has 1 heterocycles. The molecule has 1 aliphatic heterocycles. The van der Waals surface area contributed by atoms with Gasteiger partial charge >= 0.3 is 5.97 Å². The van der Waals surface area contributed by atoms with Crippen molar-refractivity contribution in [2.24, 2.45) is 0 Å². The van der Waals surface area contributed by atoms with Gasteiger partial charge in [-0.3, -0.25) is 0 Å². The number of rotatable bonds is 2. The van der Waals surface area contributed by atoms with Crippen molar-refractivity contribution in [3.8, 4) is 0 Å². The molecule has 0 bridgehead atoms. The molecule has 5 atom stereocenters. The standard InChI is InChI=1S/C7H12O7.2C2H6/c1-13-7-4(10)2(8)3(9)5(14-7)6(11)12;2*1-2/h2-5,7-10H,1H3,(H,11,12);2*1-2H3. The Hall–Kier alpha value is -0.730. The first-order valence-electron chi connectivity index (χ1n) is 5.94. The molecule has 1 fully saturated rings. The number of aliphatic carboxylic acids is 1. The Morgan fingerprint density at radius 3 is 1.78 bits per heavy atom. The summed E-state index contributed by atoms with van der Waals surface area (Å²) in [6, 6.07) is 0. The van der Waals surface area contributed by atoms with Crippen LogP contribution in [-0.4, -0.2) is 64.2 Å². The third-order valence-electron chi connectivity index (χ3n) is 2.05. The lowest BCUT2D eigenvalue weighted by atomic mass is 9.99. The third-order valence-corrected chi connectivity index (χ3v) is 2.05. The highest BCUT2D eigenvalue weighted by molar-refractivity contribution is 5.73. The van der Waals surface area contributed by atoms with Crippen molar-refractivity contribution in [3.63, 3.8) is 0 Å². The van der Waals surface area contributed by atoms with Crippen molar-refractivity contribution in [2.45, 2.75) is 58.4 Å². The van der Waals surface area contributed by atoms with Gasteiger partial charge in [-0.1, -0.05) is 27.7 Å². The molecule has 0 saturated carbocycles. The average Bonchev–Trinajstić information content (AvgIpc) is 2.40. The molecule has 4 N–H and O–H groups in total. The fraction of sp³-hybridized carbons (Fsp3) is 0.909. The van der Waals surface area contributed by atoms with Gasteiger partial charge < -0.3 is 29.9 Å². The molecule has 7 nitrogen and oxygen atoms in total. The maximum Gasteiger partial charge on any atom is 0.335 e. The number of hydrogen-bond donors (Lipinski definition) is 4. The maximum atomic E-state index is 10.5. The number of hydrogen-bond acceptors (Lipinski definition) is 6. The van der Waals surface area contributed by atoms with E-state index in [0.29, 0.717) is 0 Å². The first-order valence-corrected chi connectivity index (χ1v) is 5.94. The largest absolute Gasteiger partial charge is 0.479 e. The van der Waals surface area contributed by atoms with Gasteiger partial charge in [-0.15, -0.1) is 0 Å². The molecule has 0 aliphatic carbocycles. The van der Waals surface area contributed by atoms with E-state index in [4.69, 9.17) is 9.84 Å². The van der Waals surface area contributed by atoms with E-state index in [1.54, 1.807) is 0 Å². The number of methoxy groups -OCH3 is 1. The molecule has 5 unspecified atom stereocenters. The smallest absolute Gasteiger partial charge is 0.335 e. The van der Waals surface area contributed by atoms with E-state index >= 15 is 0 Å². The predicted molar refractivity (Wildman–Crippen MR) is 64.0 cm³/mol. The molecule has 110 valence electrons. The second-order valence-corrected chi connectivity index (χ2v) is 2.97. The van der Waals surface area contributed by atoms with Crippen LogP contribution in [0, 0.1) is 0 Å². The molecule has 0 aromatic carbocycles. The van der Waals surface area contributed by atoms with Crippen LogP contribution >= 0.6 is 0 Å². The Morgan fingerprint density at radius 2 is 1.44 bits per heavy atom. The highest BCUT2D eigenvalue weighted by atomic mass is 16.7. The van der Waals surface area contributed by atoms with Crippen LogP contribution < -0.4 is 0 Å². The fourth-order valence-electron chi connectivity index (χ4n) is 1.25. The van der Waals surface area contributed by atoms with Gasteiger partial charge in [0.2, 0.25) is 0 Å². The first kappa shape index (κ1) is 19.6. The molecular formula is C11H24O7. The van der Waals surface area contributed by atoms with Crippen LogP contribution in [0.25, 0.3) is 0 Å². The van der Waals surface area contributed by atoms with Crippen molar-refractivity contribution in [1.82, 2.24) is 0 Å². The van der Waals surface area contributed by atoms with Gasteiger partial charge in [-0.25, -0.2) is 4.79 Å². The van der Waals surface area contributed by atoms with Crippen LogP contribution in [0.3, 0.4) is 0 Å². The summed E-state index contributed by atoms with van der Waals surface area (Å²) in [4.78, 5) is 10.5. The van der Waals surface area contributed by atoms with E-state index in [9.17, 15) is 20.1 Å². The molecule has 1 rings (SSSR count). The van der Waals surface area contributed by atoms with Crippen LogP contribution in [-0.2, 0) is 14.3 Å². The molecule has 18 heavy (non-hydrogen) atoms. The third kappa shape index (κ3) is 4.87. The molecule has 0 aromatic heterocycles. The summed E-state index contributed by atoms with van der Waals surface area (Å²) in [5.41, 5.74) is 0. The second kappa shape index (κ2) is 10.2. The Balaban J connectivity index is 0. The number of ether oxygens (including phenoxy) is 2. The van der Waals surface area contributed by atoms with Gasteiger partial charge in [0, 0.05) is 7.11 Å². The maximum absolute atomic E-state index is 10.5. The molecule has 0 radical (unpaired) electrons. The van der Waals surface area contributed by atoms with Crippen LogP contribution in [0.2, 0.25) is 0 Å². The summed E-state index contributed by atoms with van der Waals surface area (Å²) in [6.45, 7) is 8.00. The predicted octanol–water partition coefficient (Wildman–Crippen LogP) is -0.423. The number of carboxylic acid groups (broad SMARTS) is 1. The lowest BCUT2D eigenvalue weighted by molar-refractivity contribution is -0.287. The van der Waals surface area contributed by atoms with Gasteiger partial charge in [0.05, 0.1) is 0 Å².